The maximum absolute atomic E-state index is 12.2. The molecule has 144 valence electrons. The number of hydrogen-bond acceptors (Lipinski definition) is 6. The van der Waals surface area contributed by atoms with Crippen molar-refractivity contribution >= 4 is 52.2 Å². The Morgan fingerprint density at radius 1 is 1.21 bits per heavy atom. The Kier molecular flexibility index (Phi) is 5.91. The van der Waals surface area contributed by atoms with Crippen molar-refractivity contribution in [2.75, 3.05) is 14.2 Å². The van der Waals surface area contributed by atoms with Gasteiger partial charge in [0.25, 0.3) is 5.91 Å². The third kappa shape index (κ3) is 4.29. The largest absolute Gasteiger partial charge is 0.493 e. The summed E-state index contributed by atoms with van der Waals surface area (Å²) in [5, 5.41) is 12.4. The first kappa shape index (κ1) is 19.8. The number of hydrogen-bond donors (Lipinski definition) is 2. The third-order valence-electron chi connectivity index (χ3n) is 3.75. The summed E-state index contributed by atoms with van der Waals surface area (Å²) < 4.78 is 10.5. The van der Waals surface area contributed by atoms with E-state index in [-0.39, 0.29) is 11.5 Å². The maximum Gasteiger partial charge on any atom is 0.335 e. The van der Waals surface area contributed by atoms with Gasteiger partial charge < -0.3 is 19.9 Å². The van der Waals surface area contributed by atoms with E-state index in [2.05, 4.69) is 10.3 Å². The number of carboxylic acid groups (broad SMARTS) is 1. The lowest BCUT2D eigenvalue weighted by Crippen LogP contribution is -2.19. The van der Waals surface area contributed by atoms with Crippen molar-refractivity contribution < 1.29 is 24.2 Å². The van der Waals surface area contributed by atoms with Gasteiger partial charge in [0.15, 0.2) is 16.7 Å². The predicted molar refractivity (Wildman–Crippen MR) is 109 cm³/mol. The molecule has 0 atom stereocenters. The first-order valence-electron chi connectivity index (χ1n) is 7.95. The van der Waals surface area contributed by atoms with Crippen LogP contribution in [0.3, 0.4) is 0 Å². The molecular formula is C19H15ClN2O5S. The number of benzene rings is 2. The molecule has 0 spiro atoms. The highest BCUT2D eigenvalue weighted by Crippen LogP contribution is 2.37. The number of aliphatic imine (C=N–C) groups is 1. The molecule has 0 aliphatic carbocycles. The van der Waals surface area contributed by atoms with Crippen molar-refractivity contribution in [1.29, 1.82) is 0 Å². The number of carboxylic acids is 1. The van der Waals surface area contributed by atoms with Gasteiger partial charge in [0.05, 0.1) is 35.4 Å². The van der Waals surface area contributed by atoms with Crippen LogP contribution >= 0.6 is 23.4 Å². The molecule has 1 amide bonds. The summed E-state index contributed by atoms with van der Waals surface area (Å²) in [4.78, 5) is 27.9. The second-order valence-electron chi connectivity index (χ2n) is 5.57. The van der Waals surface area contributed by atoms with Crippen LogP contribution in [0.4, 0.5) is 5.69 Å². The lowest BCUT2D eigenvalue weighted by Gasteiger charge is -2.10. The number of thioether (sulfide) groups is 1. The zero-order valence-corrected chi connectivity index (χ0v) is 16.4. The topological polar surface area (TPSA) is 97.2 Å². The Hall–Kier alpha value is -2.97. The number of amides is 1. The predicted octanol–water partition coefficient (Wildman–Crippen LogP) is 3.95. The van der Waals surface area contributed by atoms with Crippen LogP contribution in [0.2, 0.25) is 5.02 Å². The molecule has 0 bridgehead atoms. The van der Waals surface area contributed by atoms with Crippen LogP contribution in [0.5, 0.6) is 11.5 Å². The maximum atomic E-state index is 12.2. The minimum Gasteiger partial charge on any atom is -0.493 e. The molecule has 2 N–H and O–H groups in total. The summed E-state index contributed by atoms with van der Waals surface area (Å²) in [7, 11) is 3.00. The average molecular weight is 419 g/mol. The van der Waals surface area contributed by atoms with E-state index in [1.165, 1.54) is 38.1 Å². The van der Waals surface area contributed by atoms with Gasteiger partial charge >= 0.3 is 5.97 Å². The van der Waals surface area contributed by atoms with Crippen LogP contribution in [-0.2, 0) is 4.79 Å². The van der Waals surface area contributed by atoms with E-state index in [1.807, 2.05) is 0 Å². The fourth-order valence-electron chi connectivity index (χ4n) is 2.45. The Bertz CT molecular complexity index is 1000. The van der Waals surface area contributed by atoms with Crippen molar-refractivity contribution in [3.8, 4) is 11.5 Å². The fourth-order valence-corrected chi connectivity index (χ4v) is 3.59. The van der Waals surface area contributed by atoms with Gasteiger partial charge in [-0.05, 0) is 59.8 Å². The summed E-state index contributed by atoms with van der Waals surface area (Å²) in [6, 6.07) is 9.42. The summed E-state index contributed by atoms with van der Waals surface area (Å²) in [5.74, 6) is -0.432. The van der Waals surface area contributed by atoms with Crippen LogP contribution in [0.15, 0.2) is 46.3 Å². The van der Waals surface area contributed by atoms with Crippen LogP contribution < -0.4 is 14.8 Å². The highest BCUT2D eigenvalue weighted by Gasteiger charge is 2.24. The van der Waals surface area contributed by atoms with E-state index < -0.39 is 5.97 Å². The van der Waals surface area contributed by atoms with Crippen LogP contribution in [0.1, 0.15) is 15.9 Å². The van der Waals surface area contributed by atoms with Gasteiger partial charge in [0.1, 0.15) is 0 Å². The standard InChI is InChI=1S/C19H15ClN2O5S/c1-26-14-8-10(7-13(20)16(14)27-2)9-15-17(23)22-19(28-15)21-12-5-3-11(4-6-12)18(24)25/h3-9H,1-2H3,(H,24,25)(H,21,22,23)/b15-9-. The van der Waals surface area contributed by atoms with E-state index in [1.54, 1.807) is 30.3 Å². The quantitative estimate of drug-likeness (QED) is 0.713. The van der Waals surface area contributed by atoms with Gasteiger partial charge in [-0.15, -0.1) is 0 Å². The monoisotopic (exact) mass is 418 g/mol. The minimum atomic E-state index is -1.01. The molecule has 28 heavy (non-hydrogen) atoms. The van der Waals surface area contributed by atoms with Gasteiger partial charge in [-0.25, -0.2) is 9.79 Å². The van der Waals surface area contributed by atoms with Crippen LogP contribution in [-0.4, -0.2) is 36.4 Å². The number of halogens is 1. The zero-order valence-electron chi connectivity index (χ0n) is 14.9. The Morgan fingerprint density at radius 2 is 1.93 bits per heavy atom. The van der Waals surface area contributed by atoms with Gasteiger partial charge in [-0.1, -0.05) is 11.6 Å². The van der Waals surface area contributed by atoms with Crippen LogP contribution in [0.25, 0.3) is 6.08 Å². The van der Waals surface area contributed by atoms with Crippen molar-refractivity contribution in [3.05, 3.63) is 57.5 Å². The van der Waals surface area contributed by atoms with E-state index in [0.717, 1.165) is 0 Å². The number of amidine groups is 1. The summed E-state index contributed by atoms with van der Waals surface area (Å²) in [5.41, 5.74) is 1.37. The highest BCUT2D eigenvalue weighted by molar-refractivity contribution is 8.18. The molecule has 0 unspecified atom stereocenters. The Morgan fingerprint density at radius 3 is 2.54 bits per heavy atom. The first-order valence-corrected chi connectivity index (χ1v) is 9.15. The van der Waals surface area contributed by atoms with Crippen molar-refractivity contribution in [3.63, 3.8) is 0 Å². The molecule has 0 aromatic heterocycles. The number of rotatable bonds is 5. The number of nitrogens with zero attached hydrogens (tertiary/aromatic N) is 1. The first-order chi connectivity index (χ1) is 13.4. The fraction of sp³-hybridized carbons (Fsp3) is 0.105. The number of carbonyl (C=O) groups excluding carboxylic acids is 1. The highest BCUT2D eigenvalue weighted by atomic mass is 35.5. The van der Waals surface area contributed by atoms with E-state index in [9.17, 15) is 9.59 Å². The number of aromatic carboxylic acids is 1. The van der Waals surface area contributed by atoms with Gasteiger partial charge in [0.2, 0.25) is 0 Å². The molecule has 0 radical (unpaired) electrons. The van der Waals surface area contributed by atoms with E-state index in [0.29, 0.717) is 37.8 Å². The number of ether oxygens (including phenoxy) is 2. The SMILES string of the molecule is COc1cc(/C=C2\SC(=Nc3ccc(C(=O)O)cc3)NC2=O)cc(Cl)c1OC. The Labute approximate surface area is 170 Å². The number of nitrogens with one attached hydrogen (secondary N) is 1. The van der Waals surface area contributed by atoms with Gasteiger partial charge in [-0.3, -0.25) is 4.79 Å². The summed E-state index contributed by atoms with van der Waals surface area (Å²) in [6.07, 6.45) is 1.67. The normalized spacial score (nSPS) is 16.3. The number of methoxy groups -OCH3 is 2. The van der Waals surface area contributed by atoms with Gasteiger partial charge in [0, 0.05) is 0 Å². The molecule has 1 heterocycles. The molecule has 0 saturated carbocycles. The molecule has 1 aliphatic rings. The smallest absolute Gasteiger partial charge is 0.335 e. The molecule has 7 nitrogen and oxygen atoms in total. The van der Waals surface area contributed by atoms with Crippen LogP contribution in [0, 0.1) is 0 Å². The second kappa shape index (κ2) is 8.37. The molecule has 2 aromatic carbocycles. The van der Waals surface area contributed by atoms with E-state index >= 15 is 0 Å². The lowest BCUT2D eigenvalue weighted by atomic mass is 10.2. The lowest BCUT2D eigenvalue weighted by molar-refractivity contribution is -0.115. The molecule has 9 heteroatoms. The molecular weight excluding hydrogens is 404 g/mol. The molecule has 3 rings (SSSR count). The van der Waals surface area contributed by atoms with Crippen molar-refractivity contribution in [2.24, 2.45) is 4.99 Å². The molecule has 1 aliphatic heterocycles. The van der Waals surface area contributed by atoms with Crippen molar-refractivity contribution in [1.82, 2.24) is 5.32 Å². The van der Waals surface area contributed by atoms with E-state index in [4.69, 9.17) is 26.2 Å². The Balaban J connectivity index is 1.84. The second-order valence-corrected chi connectivity index (χ2v) is 7.01. The molecule has 1 fully saturated rings. The van der Waals surface area contributed by atoms with Crippen molar-refractivity contribution in [2.45, 2.75) is 0 Å². The average Bonchev–Trinajstić information content (AvgIpc) is 3.00. The minimum absolute atomic E-state index is 0.165. The van der Waals surface area contributed by atoms with Gasteiger partial charge in [-0.2, -0.15) is 0 Å². The summed E-state index contributed by atoms with van der Waals surface area (Å²) >= 11 is 7.37. The zero-order chi connectivity index (χ0) is 20.3. The number of carbonyl (C=O) groups is 2. The molecule has 1 saturated heterocycles. The third-order valence-corrected chi connectivity index (χ3v) is 4.94. The molecule has 2 aromatic rings. The summed E-state index contributed by atoms with van der Waals surface area (Å²) in [6.45, 7) is 0.